The van der Waals surface area contributed by atoms with Crippen LogP contribution in [0.15, 0.2) is 188 Å². The molecule has 0 unspecified atom stereocenters. The van der Waals surface area contributed by atoms with E-state index in [0.29, 0.717) is 0 Å². The summed E-state index contributed by atoms with van der Waals surface area (Å²) in [5.74, 6) is 0. The first-order valence-corrected chi connectivity index (χ1v) is 19.5. The molecule has 0 aliphatic heterocycles. The largest absolute Gasteiger partial charge is 0.310 e. The zero-order chi connectivity index (χ0) is 37.3. The lowest BCUT2D eigenvalue weighted by molar-refractivity contribution is 0.660. The van der Waals surface area contributed by atoms with Crippen LogP contribution in [-0.4, -0.2) is 0 Å². The van der Waals surface area contributed by atoms with Gasteiger partial charge in [0.15, 0.2) is 0 Å². The molecule has 0 aromatic heterocycles. The van der Waals surface area contributed by atoms with Crippen molar-refractivity contribution in [1.29, 1.82) is 0 Å². The van der Waals surface area contributed by atoms with Gasteiger partial charge < -0.3 is 4.90 Å². The standard InChI is InChI=1S/C54H43N/c1-53(2)47-30-16-14-26-44(47)51-45(28-17-31-48(51)53)52-43(40-24-12-11-23-39(40)36-19-7-5-8-20-36)27-18-32-50(52)55(37-21-9-6-10-22-37)38-33-34-42-41-25-13-15-29-46(41)54(3,4)49(42)35-38/h5-35H,1-4H3. The second kappa shape index (κ2) is 12.6. The Balaban J connectivity index is 1.30. The predicted molar refractivity (Wildman–Crippen MR) is 233 cm³/mol. The molecule has 0 atom stereocenters. The molecule has 0 spiro atoms. The first-order valence-electron chi connectivity index (χ1n) is 19.5. The van der Waals surface area contributed by atoms with Crippen LogP contribution in [0.5, 0.6) is 0 Å². The van der Waals surface area contributed by atoms with Crippen molar-refractivity contribution in [2.75, 3.05) is 4.90 Å². The molecule has 0 saturated carbocycles. The topological polar surface area (TPSA) is 3.24 Å². The van der Waals surface area contributed by atoms with Crippen LogP contribution in [0.2, 0.25) is 0 Å². The number of hydrogen-bond donors (Lipinski definition) is 0. The molecule has 1 heteroatoms. The van der Waals surface area contributed by atoms with Crippen molar-refractivity contribution in [1.82, 2.24) is 0 Å². The van der Waals surface area contributed by atoms with E-state index in [1.165, 1.54) is 77.9 Å². The summed E-state index contributed by atoms with van der Waals surface area (Å²) < 4.78 is 0. The number of para-hydroxylation sites is 1. The van der Waals surface area contributed by atoms with E-state index >= 15 is 0 Å². The Morgan fingerprint density at radius 3 is 1.56 bits per heavy atom. The van der Waals surface area contributed by atoms with E-state index in [1.54, 1.807) is 0 Å². The molecule has 0 radical (unpaired) electrons. The van der Waals surface area contributed by atoms with Crippen molar-refractivity contribution in [2.24, 2.45) is 0 Å². The van der Waals surface area contributed by atoms with Crippen LogP contribution in [-0.2, 0) is 10.8 Å². The van der Waals surface area contributed by atoms with E-state index in [4.69, 9.17) is 0 Å². The Morgan fingerprint density at radius 1 is 0.309 bits per heavy atom. The predicted octanol–water partition coefficient (Wildman–Crippen LogP) is 14.8. The van der Waals surface area contributed by atoms with E-state index < -0.39 is 0 Å². The van der Waals surface area contributed by atoms with E-state index in [1.807, 2.05) is 0 Å². The van der Waals surface area contributed by atoms with Crippen LogP contribution in [0.4, 0.5) is 17.1 Å². The zero-order valence-electron chi connectivity index (χ0n) is 31.8. The molecular weight excluding hydrogens is 663 g/mol. The highest BCUT2D eigenvalue weighted by atomic mass is 15.1. The Morgan fingerprint density at radius 2 is 0.818 bits per heavy atom. The van der Waals surface area contributed by atoms with Crippen molar-refractivity contribution in [3.63, 3.8) is 0 Å². The second-order valence-corrected chi connectivity index (χ2v) is 16.1. The van der Waals surface area contributed by atoms with Crippen molar-refractivity contribution in [3.05, 3.63) is 210 Å². The van der Waals surface area contributed by atoms with Gasteiger partial charge in [0.1, 0.15) is 0 Å². The smallest absolute Gasteiger partial charge is 0.0546 e. The summed E-state index contributed by atoms with van der Waals surface area (Å²) in [4.78, 5) is 2.49. The lowest BCUT2D eigenvalue weighted by Gasteiger charge is -2.31. The van der Waals surface area contributed by atoms with Gasteiger partial charge in [0.25, 0.3) is 0 Å². The SMILES string of the molecule is CC1(C)c2ccccc2-c2ccc(N(c3ccccc3)c3cccc(-c4ccccc4-c4ccccc4)c3-c3cccc4c3-c3ccccc3C4(C)C)cc21. The highest BCUT2D eigenvalue weighted by molar-refractivity contribution is 6.05. The molecule has 8 aromatic rings. The van der Waals surface area contributed by atoms with Crippen LogP contribution in [0, 0.1) is 0 Å². The fraction of sp³-hybridized carbons (Fsp3) is 0.111. The van der Waals surface area contributed by atoms with Crippen LogP contribution in [0.25, 0.3) is 55.6 Å². The van der Waals surface area contributed by atoms with Crippen molar-refractivity contribution >= 4 is 17.1 Å². The molecule has 0 N–H and O–H groups in total. The van der Waals surface area contributed by atoms with Crippen molar-refractivity contribution < 1.29 is 0 Å². The van der Waals surface area contributed by atoms with Gasteiger partial charge in [-0.2, -0.15) is 0 Å². The number of benzene rings is 8. The molecular formula is C54H43N. The summed E-state index contributed by atoms with van der Waals surface area (Å²) in [5, 5.41) is 0. The molecule has 0 heterocycles. The number of nitrogens with zero attached hydrogens (tertiary/aromatic N) is 1. The van der Waals surface area contributed by atoms with E-state index in [2.05, 4.69) is 221 Å². The molecule has 0 fully saturated rings. The molecule has 1 nitrogen and oxygen atoms in total. The average molecular weight is 706 g/mol. The molecule has 55 heavy (non-hydrogen) atoms. The van der Waals surface area contributed by atoms with Crippen molar-refractivity contribution in [2.45, 2.75) is 38.5 Å². The summed E-state index contributed by atoms with van der Waals surface area (Å²) in [6.07, 6.45) is 0. The van der Waals surface area contributed by atoms with E-state index in [9.17, 15) is 0 Å². The van der Waals surface area contributed by atoms with Gasteiger partial charge in [0, 0.05) is 27.8 Å². The zero-order valence-corrected chi connectivity index (χ0v) is 31.8. The minimum absolute atomic E-state index is 0.126. The third kappa shape index (κ3) is 5.07. The summed E-state index contributed by atoms with van der Waals surface area (Å²) >= 11 is 0. The number of fused-ring (bicyclic) bond motifs is 6. The maximum Gasteiger partial charge on any atom is 0.0546 e. The minimum Gasteiger partial charge on any atom is -0.310 e. The van der Waals surface area contributed by atoms with Gasteiger partial charge in [-0.05, 0) is 103 Å². The molecule has 0 amide bonds. The van der Waals surface area contributed by atoms with Gasteiger partial charge in [-0.15, -0.1) is 0 Å². The Bertz CT molecular complexity index is 2750. The number of rotatable bonds is 6. The van der Waals surface area contributed by atoms with Crippen LogP contribution in [0.3, 0.4) is 0 Å². The lowest BCUT2D eigenvalue weighted by Crippen LogP contribution is -2.17. The summed E-state index contributed by atoms with van der Waals surface area (Å²) in [5.41, 5.74) is 21.3. The minimum atomic E-state index is -0.126. The van der Waals surface area contributed by atoms with E-state index in [-0.39, 0.29) is 10.8 Å². The third-order valence-electron chi connectivity index (χ3n) is 12.3. The van der Waals surface area contributed by atoms with Crippen molar-refractivity contribution in [3.8, 4) is 55.6 Å². The monoisotopic (exact) mass is 705 g/mol. The third-order valence-corrected chi connectivity index (χ3v) is 12.3. The van der Waals surface area contributed by atoms with Gasteiger partial charge in [-0.1, -0.05) is 185 Å². The molecule has 2 aliphatic rings. The summed E-state index contributed by atoms with van der Waals surface area (Å²) in [6, 6.07) is 69.6. The number of hydrogen-bond acceptors (Lipinski definition) is 1. The molecule has 2 aliphatic carbocycles. The molecule has 264 valence electrons. The Kier molecular flexibility index (Phi) is 7.58. The highest BCUT2D eigenvalue weighted by Gasteiger charge is 2.39. The van der Waals surface area contributed by atoms with Gasteiger partial charge >= 0.3 is 0 Å². The molecule has 10 rings (SSSR count). The first-order chi connectivity index (χ1) is 26.8. The Labute approximate surface area is 325 Å². The van der Waals surface area contributed by atoms with Crippen LogP contribution >= 0.6 is 0 Å². The van der Waals surface area contributed by atoms with Gasteiger partial charge in [-0.25, -0.2) is 0 Å². The molecule has 0 bridgehead atoms. The first kappa shape index (κ1) is 33.2. The normalized spacial score (nSPS) is 14.1. The Hall–Kier alpha value is -6.44. The van der Waals surface area contributed by atoms with Gasteiger partial charge in [-0.3, -0.25) is 0 Å². The van der Waals surface area contributed by atoms with Crippen LogP contribution in [0.1, 0.15) is 49.9 Å². The lowest BCUT2D eigenvalue weighted by atomic mass is 9.81. The second-order valence-electron chi connectivity index (χ2n) is 16.1. The molecule has 0 saturated heterocycles. The van der Waals surface area contributed by atoms with E-state index in [0.717, 1.165) is 17.1 Å². The van der Waals surface area contributed by atoms with Gasteiger partial charge in [0.05, 0.1) is 5.69 Å². The maximum absolute atomic E-state index is 2.49. The maximum atomic E-state index is 2.49. The fourth-order valence-electron chi connectivity index (χ4n) is 9.62. The van der Waals surface area contributed by atoms with Gasteiger partial charge in [0.2, 0.25) is 0 Å². The summed E-state index contributed by atoms with van der Waals surface area (Å²) in [7, 11) is 0. The average Bonchev–Trinajstić information content (AvgIpc) is 3.61. The molecule has 8 aromatic carbocycles. The van der Waals surface area contributed by atoms with Crippen LogP contribution < -0.4 is 4.90 Å². The highest BCUT2D eigenvalue weighted by Crippen LogP contribution is 2.57. The quantitative estimate of drug-likeness (QED) is 0.166. The summed E-state index contributed by atoms with van der Waals surface area (Å²) in [6.45, 7) is 9.49. The number of anilines is 3. The fourth-order valence-corrected chi connectivity index (χ4v) is 9.62.